The second-order valence-corrected chi connectivity index (χ2v) is 6.21. The first-order chi connectivity index (χ1) is 7.27. The Labute approximate surface area is 98.8 Å². The molecule has 0 aromatic heterocycles. The Balaban J connectivity index is 2.82. The minimum Gasteiger partial charge on any atom is -0.481 e. The lowest BCUT2D eigenvalue weighted by atomic mass is 9.82. The van der Waals surface area contributed by atoms with Gasteiger partial charge in [-0.15, -0.1) is 0 Å². The van der Waals surface area contributed by atoms with Gasteiger partial charge in [-0.05, 0) is 45.2 Å². The summed E-state index contributed by atoms with van der Waals surface area (Å²) in [5.74, 6) is -0.673. The maximum atomic E-state index is 11.0. The maximum Gasteiger partial charge on any atom is 0.305 e. The fraction of sp³-hybridized carbons (Fsp3) is 0.923. The van der Waals surface area contributed by atoms with Crippen molar-refractivity contribution in [3.8, 4) is 0 Å². The van der Waals surface area contributed by atoms with Crippen LogP contribution in [0.5, 0.6) is 0 Å². The fourth-order valence-electron chi connectivity index (χ4n) is 2.78. The third-order valence-electron chi connectivity index (χ3n) is 4.19. The summed E-state index contributed by atoms with van der Waals surface area (Å²) in [5, 5.41) is 9.08. The van der Waals surface area contributed by atoms with E-state index in [-0.39, 0.29) is 12.0 Å². The molecule has 0 heterocycles. The average molecular weight is 227 g/mol. The van der Waals surface area contributed by atoms with E-state index < -0.39 is 5.97 Å². The molecule has 1 saturated carbocycles. The van der Waals surface area contributed by atoms with E-state index >= 15 is 0 Å². The van der Waals surface area contributed by atoms with E-state index in [1.807, 2.05) is 14.1 Å². The van der Waals surface area contributed by atoms with Gasteiger partial charge < -0.3 is 10.0 Å². The lowest BCUT2D eigenvalue weighted by Crippen LogP contribution is -2.45. The van der Waals surface area contributed by atoms with Gasteiger partial charge in [0.15, 0.2) is 0 Å². The van der Waals surface area contributed by atoms with Crippen molar-refractivity contribution in [2.45, 2.75) is 57.9 Å². The summed E-state index contributed by atoms with van der Waals surface area (Å²) in [6.07, 6.45) is 5.75. The first-order valence-electron chi connectivity index (χ1n) is 6.17. The predicted octanol–water partition coefficient (Wildman–Crippen LogP) is 2.75. The molecule has 0 spiro atoms. The molecule has 0 radical (unpaired) electrons. The molecule has 94 valence electrons. The summed E-state index contributed by atoms with van der Waals surface area (Å²) in [4.78, 5) is 13.2. The monoisotopic (exact) mass is 227 g/mol. The molecule has 1 aliphatic rings. The number of rotatable bonds is 3. The second-order valence-electron chi connectivity index (χ2n) is 6.21. The molecule has 1 atom stereocenters. The van der Waals surface area contributed by atoms with Crippen LogP contribution in [0, 0.1) is 5.41 Å². The van der Waals surface area contributed by atoms with Crippen molar-refractivity contribution in [1.29, 1.82) is 0 Å². The van der Waals surface area contributed by atoms with Crippen molar-refractivity contribution in [2.24, 2.45) is 5.41 Å². The van der Waals surface area contributed by atoms with E-state index in [2.05, 4.69) is 18.7 Å². The van der Waals surface area contributed by atoms with Crippen LogP contribution in [0.3, 0.4) is 0 Å². The van der Waals surface area contributed by atoms with Crippen molar-refractivity contribution in [3.63, 3.8) is 0 Å². The maximum absolute atomic E-state index is 11.0. The zero-order chi connectivity index (χ0) is 12.4. The molecule has 0 aromatic carbocycles. The van der Waals surface area contributed by atoms with Gasteiger partial charge in [-0.3, -0.25) is 4.79 Å². The molecule has 0 saturated heterocycles. The number of aliphatic carboxylic acids is 1. The summed E-state index contributed by atoms with van der Waals surface area (Å²) in [6, 6.07) is 0. The number of carboxylic acids is 1. The van der Waals surface area contributed by atoms with Gasteiger partial charge in [0.1, 0.15) is 0 Å². The molecule has 16 heavy (non-hydrogen) atoms. The van der Waals surface area contributed by atoms with E-state index in [1.54, 1.807) is 0 Å². The Kier molecular flexibility index (Phi) is 4.00. The van der Waals surface area contributed by atoms with Crippen molar-refractivity contribution in [3.05, 3.63) is 0 Å². The zero-order valence-electron chi connectivity index (χ0n) is 11.0. The first kappa shape index (κ1) is 13.5. The van der Waals surface area contributed by atoms with Crippen molar-refractivity contribution in [2.75, 3.05) is 14.1 Å². The Bertz CT molecular complexity index is 261. The molecule has 1 fully saturated rings. The van der Waals surface area contributed by atoms with E-state index in [0.29, 0.717) is 5.41 Å². The molecule has 0 bridgehead atoms. The summed E-state index contributed by atoms with van der Waals surface area (Å²) in [5.41, 5.74) is 0.246. The third-order valence-corrected chi connectivity index (χ3v) is 4.19. The van der Waals surface area contributed by atoms with Gasteiger partial charge in [0, 0.05) is 5.54 Å². The van der Waals surface area contributed by atoms with Crippen LogP contribution >= 0.6 is 0 Å². The quantitative estimate of drug-likeness (QED) is 0.754. The number of hydrogen-bond donors (Lipinski definition) is 1. The van der Waals surface area contributed by atoms with E-state index in [1.165, 1.54) is 6.42 Å². The molecule has 0 aliphatic heterocycles. The van der Waals surface area contributed by atoms with Crippen molar-refractivity contribution < 1.29 is 9.90 Å². The van der Waals surface area contributed by atoms with Crippen LogP contribution in [-0.2, 0) is 4.79 Å². The van der Waals surface area contributed by atoms with Gasteiger partial charge in [-0.2, -0.15) is 0 Å². The van der Waals surface area contributed by atoms with Crippen molar-refractivity contribution in [1.82, 2.24) is 4.90 Å². The first-order valence-corrected chi connectivity index (χ1v) is 6.17. The van der Waals surface area contributed by atoms with Crippen LogP contribution in [0.4, 0.5) is 0 Å². The molecular formula is C13H25NO2. The standard InChI is InChI=1S/C13H25NO2/c1-12(2)6-5-7-13(9-8-12,14(3)4)10-11(15)16/h5-10H2,1-4H3,(H,15,16). The molecule has 1 unspecified atom stereocenters. The fourth-order valence-corrected chi connectivity index (χ4v) is 2.78. The summed E-state index contributed by atoms with van der Waals surface area (Å²) >= 11 is 0. The SMILES string of the molecule is CN(C)C1(CC(=O)O)CCCC(C)(C)CC1. The molecular weight excluding hydrogens is 202 g/mol. The van der Waals surface area contributed by atoms with E-state index in [0.717, 1.165) is 25.7 Å². The predicted molar refractivity (Wildman–Crippen MR) is 65.5 cm³/mol. The number of nitrogens with zero attached hydrogens (tertiary/aromatic N) is 1. The molecule has 0 amide bonds. The van der Waals surface area contributed by atoms with E-state index in [9.17, 15) is 4.79 Å². The number of carbonyl (C=O) groups is 1. The molecule has 0 aromatic rings. The van der Waals surface area contributed by atoms with Gasteiger partial charge in [0.2, 0.25) is 0 Å². The summed E-state index contributed by atoms with van der Waals surface area (Å²) in [7, 11) is 4.03. The molecule has 3 heteroatoms. The number of hydrogen-bond acceptors (Lipinski definition) is 2. The van der Waals surface area contributed by atoms with Gasteiger partial charge in [-0.25, -0.2) is 0 Å². The van der Waals surface area contributed by atoms with Crippen LogP contribution in [-0.4, -0.2) is 35.6 Å². The third kappa shape index (κ3) is 3.21. The molecule has 1 aliphatic carbocycles. The molecule has 3 nitrogen and oxygen atoms in total. The Morgan fingerprint density at radius 1 is 1.19 bits per heavy atom. The Morgan fingerprint density at radius 2 is 1.81 bits per heavy atom. The normalized spacial score (nSPS) is 30.1. The minimum absolute atomic E-state index is 0.125. The highest BCUT2D eigenvalue weighted by Crippen LogP contribution is 2.41. The van der Waals surface area contributed by atoms with Crippen LogP contribution in [0.25, 0.3) is 0 Å². The minimum atomic E-state index is -0.673. The topological polar surface area (TPSA) is 40.5 Å². The molecule has 1 N–H and O–H groups in total. The van der Waals surface area contributed by atoms with Gasteiger partial charge in [0.05, 0.1) is 6.42 Å². The van der Waals surface area contributed by atoms with Crippen LogP contribution in [0.2, 0.25) is 0 Å². The highest BCUT2D eigenvalue weighted by molar-refractivity contribution is 5.68. The smallest absolute Gasteiger partial charge is 0.305 e. The highest BCUT2D eigenvalue weighted by atomic mass is 16.4. The lowest BCUT2D eigenvalue weighted by Gasteiger charge is -2.38. The van der Waals surface area contributed by atoms with Crippen LogP contribution in [0.1, 0.15) is 52.4 Å². The van der Waals surface area contributed by atoms with Crippen molar-refractivity contribution >= 4 is 5.97 Å². The summed E-state index contributed by atoms with van der Waals surface area (Å²) < 4.78 is 0. The Hall–Kier alpha value is -0.570. The van der Waals surface area contributed by atoms with Gasteiger partial charge >= 0.3 is 5.97 Å². The second kappa shape index (κ2) is 4.74. The highest BCUT2D eigenvalue weighted by Gasteiger charge is 2.38. The zero-order valence-corrected chi connectivity index (χ0v) is 11.0. The Morgan fingerprint density at radius 3 is 2.31 bits per heavy atom. The van der Waals surface area contributed by atoms with E-state index in [4.69, 9.17) is 5.11 Å². The molecule has 1 rings (SSSR count). The number of carboxylic acid groups (broad SMARTS) is 1. The largest absolute Gasteiger partial charge is 0.481 e. The van der Waals surface area contributed by atoms with Gasteiger partial charge in [0.25, 0.3) is 0 Å². The van der Waals surface area contributed by atoms with Crippen LogP contribution in [0.15, 0.2) is 0 Å². The van der Waals surface area contributed by atoms with Gasteiger partial charge in [-0.1, -0.05) is 20.3 Å². The van der Waals surface area contributed by atoms with Crippen LogP contribution < -0.4 is 0 Å². The average Bonchev–Trinajstić information content (AvgIpc) is 2.25. The lowest BCUT2D eigenvalue weighted by molar-refractivity contribution is -0.140. The summed E-state index contributed by atoms with van der Waals surface area (Å²) in [6.45, 7) is 4.58.